The van der Waals surface area contributed by atoms with Gasteiger partial charge in [-0.2, -0.15) is 0 Å². The van der Waals surface area contributed by atoms with Gasteiger partial charge in [0.15, 0.2) is 0 Å². The van der Waals surface area contributed by atoms with Crippen LogP contribution >= 0.6 is 0 Å². The number of methoxy groups -OCH3 is 1. The summed E-state index contributed by atoms with van der Waals surface area (Å²) < 4.78 is 5.41. The minimum absolute atomic E-state index is 0.641. The van der Waals surface area contributed by atoms with E-state index in [0.717, 1.165) is 18.6 Å². The van der Waals surface area contributed by atoms with E-state index in [1.165, 1.54) is 23.1 Å². The number of hydrogen-bond acceptors (Lipinski definition) is 1. The van der Waals surface area contributed by atoms with E-state index in [1.807, 2.05) is 0 Å². The molecule has 19 heavy (non-hydrogen) atoms. The van der Waals surface area contributed by atoms with Gasteiger partial charge in [-0.1, -0.05) is 44.6 Å². The van der Waals surface area contributed by atoms with Crippen molar-refractivity contribution >= 4 is 5.57 Å². The highest BCUT2D eigenvalue weighted by atomic mass is 16.5. The van der Waals surface area contributed by atoms with Gasteiger partial charge in [0, 0.05) is 0 Å². The second-order valence-electron chi connectivity index (χ2n) is 5.34. The zero-order valence-corrected chi connectivity index (χ0v) is 12.5. The SMILES string of the molecule is CCC1=CC(c2ccc(OC)c(CC)c2)=CC(C)C1. The number of ether oxygens (including phenoxy) is 1. The summed E-state index contributed by atoms with van der Waals surface area (Å²) in [6, 6.07) is 6.53. The molecular weight excluding hydrogens is 232 g/mol. The van der Waals surface area contributed by atoms with Gasteiger partial charge in [-0.3, -0.25) is 0 Å². The first-order valence-corrected chi connectivity index (χ1v) is 7.26. The number of rotatable bonds is 4. The van der Waals surface area contributed by atoms with E-state index in [9.17, 15) is 0 Å². The highest BCUT2D eigenvalue weighted by Gasteiger charge is 2.13. The fourth-order valence-corrected chi connectivity index (χ4v) is 2.77. The van der Waals surface area contributed by atoms with Crippen LogP contribution in [0.25, 0.3) is 5.57 Å². The van der Waals surface area contributed by atoms with Gasteiger partial charge in [0.25, 0.3) is 0 Å². The highest BCUT2D eigenvalue weighted by Crippen LogP contribution is 2.32. The fourth-order valence-electron chi connectivity index (χ4n) is 2.77. The highest BCUT2D eigenvalue weighted by molar-refractivity contribution is 5.76. The van der Waals surface area contributed by atoms with Gasteiger partial charge in [0.1, 0.15) is 5.75 Å². The number of benzene rings is 1. The summed E-state index contributed by atoms with van der Waals surface area (Å²) in [6.07, 6.45) is 8.11. The van der Waals surface area contributed by atoms with Crippen LogP contribution in [0.4, 0.5) is 0 Å². The van der Waals surface area contributed by atoms with Gasteiger partial charge in [-0.15, -0.1) is 0 Å². The zero-order valence-electron chi connectivity index (χ0n) is 12.5. The Bertz CT molecular complexity index is 508. The van der Waals surface area contributed by atoms with Gasteiger partial charge in [0.05, 0.1) is 7.11 Å². The molecule has 1 aromatic carbocycles. The van der Waals surface area contributed by atoms with Crippen LogP contribution in [0.15, 0.2) is 35.9 Å². The van der Waals surface area contributed by atoms with Crippen molar-refractivity contribution in [3.8, 4) is 5.75 Å². The summed E-state index contributed by atoms with van der Waals surface area (Å²) in [4.78, 5) is 0. The van der Waals surface area contributed by atoms with Gasteiger partial charge in [-0.25, -0.2) is 0 Å². The average molecular weight is 256 g/mol. The van der Waals surface area contributed by atoms with E-state index in [-0.39, 0.29) is 0 Å². The third-order valence-corrected chi connectivity index (χ3v) is 3.86. The summed E-state index contributed by atoms with van der Waals surface area (Å²) in [5.74, 6) is 1.64. The molecule has 1 unspecified atom stereocenters. The topological polar surface area (TPSA) is 9.23 Å². The maximum absolute atomic E-state index is 5.41. The Morgan fingerprint density at radius 3 is 2.63 bits per heavy atom. The fraction of sp³-hybridized carbons (Fsp3) is 0.444. The Hall–Kier alpha value is -1.50. The Balaban J connectivity index is 2.39. The lowest BCUT2D eigenvalue weighted by molar-refractivity contribution is 0.410. The first kappa shape index (κ1) is 13.9. The third kappa shape index (κ3) is 3.09. The molecule has 102 valence electrons. The maximum atomic E-state index is 5.41. The lowest BCUT2D eigenvalue weighted by Gasteiger charge is -2.19. The lowest BCUT2D eigenvalue weighted by atomic mass is 9.87. The monoisotopic (exact) mass is 256 g/mol. The molecule has 1 aliphatic rings. The summed E-state index contributed by atoms with van der Waals surface area (Å²) in [6.45, 7) is 6.72. The first-order valence-electron chi connectivity index (χ1n) is 7.26. The predicted octanol–water partition coefficient (Wildman–Crippen LogP) is 5.02. The number of allylic oxidation sites excluding steroid dienone is 4. The standard InChI is InChI=1S/C18H24O/c1-5-14-9-13(3)10-17(11-14)16-7-8-18(19-4)15(6-2)12-16/h7-8,10-13H,5-6,9H2,1-4H3. The molecule has 0 bridgehead atoms. The van der Waals surface area contributed by atoms with Crippen LogP contribution in [0.2, 0.25) is 0 Å². The minimum Gasteiger partial charge on any atom is -0.496 e. The van der Waals surface area contributed by atoms with Crippen molar-refractivity contribution in [2.75, 3.05) is 7.11 Å². The summed E-state index contributed by atoms with van der Waals surface area (Å²) in [7, 11) is 1.74. The van der Waals surface area contributed by atoms with E-state index in [1.54, 1.807) is 12.7 Å². The smallest absolute Gasteiger partial charge is 0.122 e. The van der Waals surface area contributed by atoms with Crippen LogP contribution in [-0.4, -0.2) is 7.11 Å². The molecule has 0 aliphatic heterocycles. The second kappa shape index (κ2) is 6.10. The molecule has 0 amide bonds. The van der Waals surface area contributed by atoms with Crippen LogP contribution in [0.1, 0.15) is 44.7 Å². The summed E-state index contributed by atoms with van der Waals surface area (Å²) >= 11 is 0. The minimum atomic E-state index is 0.641. The molecule has 0 spiro atoms. The third-order valence-electron chi connectivity index (χ3n) is 3.86. The Kier molecular flexibility index (Phi) is 4.47. The largest absolute Gasteiger partial charge is 0.496 e. The van der Waals surface area contributed by atoms with E-state index >= 15 is 0 Å². The van der Waals surface area contributed by atoms with E-state index in [2.05, 4.69) is 51.1 Å². The molecule has 0 saturated carbocycles. The quantitative estimate of drug-likeness (QED) is 0.735. The van der Waals surface area contributed by atoms with Gasteiger partial charge < -0.3 is 4.74 Å². The van der Waals surface area contributed by atoms with Crippen LogP contribution in [0, 0.1) is 5.92 Å². The van der Waals surface area contributed by atoms with E-state index < -0.39 is 0 Å². The van der Waals surface area contributed by atoms with Crippen LogP contribution in [0.5, 0.6) is 5.75 Å². The Morgan fingerprint density at radius 1 is 1.21 bits per heavy atom. The van der Waals surface area contributed by atoms with E-state index in [4.69, 9.17) is 4.74 Å². The molecule has 1 nitrogen and oxygen atoms in total. The average Bonchev–Trinajstić information content (AvgIpc) is 2.45. The second-order valence-corrected chi connectivity index (χ2v) is 5.34. The van der Waals surface area contributed by atoms with Crippen molar-refractivity contribution in [3.05, 3.63) is 47.1 Å². The van der Waals surface area contributed by atoms with Gasteiger partial charge in [0.2, 0.25) is 0 Å². The molecule has 1 atom stereocenters. The van der Waals surface area contributed by atoms with Gasteiger partial charge in [-0.05, 0) is 54.0 Å². The van der Waals surface area contributed by atoms with E-state index in [0.29, 0.717) is 5.92 Å². The molecule has 0 heterocycles. The molecule has 1 heteroatoms. The van der Waals surface area contributed by atoms with Crippen molar-refractivity contribution in [2.24, 2.45) is 5.92 Å². The molecule has 0 saturated heterocycles. The number of aryl methyl sites for hydroxylation is 1. The molecule has 1 aromatic rings. The molecule has 0 N–H and O–H groups in total. The van der Waals surface area contributed by atoms with Crippen molar-refractivity contribution in [2.45, 2.75) is 40.0 Å². The van der Waals surface area contributed by atoms with Gasteiger partial charge >= 0.3 is 0 Å². The Morgan fingerprint density at radius 2 is 2.00 bits per heavy atom. The molecule has 1 aliphatic carbocycles. The van der Waals surface area contributed by atoms with Crippen LogP contribution in [-0.2, 0) is 6.42 Å². The maximum Gasteiger partial charge on any atom is 0.122 e. The van der Waals surface area contributed by atoms with Crippen molar-refractivity contribution in [1.29, 1.82) is 0 Å². The summed E-state index contributed by atoms with van der Waals surface area (Å²) in [5, 5.41) is 0. The van der Waals surface area contributed by atoms with Crippen LogP contribution in [0.3, 0.4) is 0 Å². The van der Waals surface area contributed by atoms with Crippen molar-refractivity contribution in [3.63, 3.8) is 0 Å². The summed E-state index contributed by atoms with van der Waals surface area (Å²) in [5.41, 5.74) is 5.52. The van der Waals surface area contributed by atoms with Crippen molar-refractivity contribution in [1.82, 2.24) is 0 Å². The molecule has 2 rings (SSSR count). The molecule has 0 radical (unpaired) electrons. The molecule has 0 aromatic heterocycles. The first-order chi connectivity index (χ1) is 9.17. The van der Waals surface area contributed by atoms with Crippen molar-refractivity contribution < 1.29 is 4.74 Å². The normalized spacial score (nSPS) is 18.8. The predicted molar refractivity (Wildman–Crippen MR) is 82.5 cm³/mol. The zero-order chi connectivity index (χ0) is 13.8. The Labute approximate surface area is 117 Å². The molecular formula is C18H24O. The number of hydrogen-bond donors (Lipinski definition) is 0. The lowest BCUT2D eigenvalue weighted by Crippen LogP contribution is -2.01. The molecule has 0 fully saturated rings. The van der Waals surface area contributed by atoms with Crippen LogP contribution < -0.4 is 4.74 Å².